The third-order valence-corrected chi connectivity index (χ3v) is 8.07. The van der Waals surface area contributed by atoms with Gasteiger partial charge in [-0.25, -0.2) is 9.59 Å². The molecule has 254 valence electrons. The molecule has 2 aliphatic heterocycles. The molecule has 0 saturated carbocycles. The highest BCUT2D eigenvalue weighted by Crippen LogP contribution is 2.36. The molecule has 0 radical (unpaired) electrons. The number of amides is 4. The maximum absolute atomic E-state index is 14.4. The Bertz CT molecular complexity index is 1280. The molecule has 5 atom stereocenters. The van der Waals surface area contributed by atoms with Gasteiger partial charge >= 0.3 is 18.0 Å². The quantitative estimate of drug-likeness (QED) is 0.233. The summed E-state index contributed by atoms with van der Waals surface area (Å²) < 4.78 is 15.3. The number of likely N-dealkylation sites (tertiary alicyclic amines) is 2. The molecule has 2 fully saturated rings. The number of rotatable bonds is 11. The molecule has 4 amide bonds. The normalized spacial score (nSPS) is 21.5. The van der Waals surface area contributed by atoms with Crippen LogP contribution in [-0.4, -0.2) is 113 Å². The topological polar surface area (TPSA) is 181 Å². The Kier molecular flexibility index (Phi) is 12.1. The van der Waals surface area contributed by atoms with Crippen molar-refractivity contribution in [3.8, 4) is 0 Å². The second-order valence-corrected chi connectivity index (χ2v) is 12.6. The molecule has 0 aliphatic carbocycles. The zero-order chi connectivity index (χ0) is 34.2. The largest absolute Gasteiger partial charge is 0.467 e. The Morgan fingerprint density at radius 3 is 2.30 bits per heavy atom. The highest BCUT2D eigenvalue weighted by molar-refractivity contribution is 5.98. The van der Waals surface area contributed by atoms with Gasteiger partial charge < -0.3 is 39.8 Å². The molecule has 3 N–H and O–H groups in total. The van der Waals surface area contributed by atoms with E-state index in [9.17, 15) is 33.9 Å². The Balaban J connectivity index is 1.94. The molecule has 14 nitrogen and oxygen atoms in total. The fourth-order valence-corrected chi connectivity index (χ4v) is 6.04. The summed E-state index contributed by atoms with van der Waals surface area (Å²) in [4.78, 5) is 81.8. The van der Waals surface area contributed by atoms with Crippen molar-refractivity contribution >= 4 is 35.8 Å². The van der Waals surface area contributed by atoms with E-state index < -0.39 is 77.7 Å². The molecule has 0 aromatic heterocycles. The predicted octanol–water partition coefficient (Wildman–Crippen LogP) is 1.08. The highest BCUT2D eigenvalue weighted by Gasteiger charge is 2.53. The minimum absolute atomic E-state index is 0.112. The first-order valence-electron chi connectivity index (χ1n) is 15.5. The third kappa shape index (κ3) is 8.74. The number of nitrogens with one attached hydrogen (secondary N) is 2. The Morgan fingerprint density at radius 1 is 1.04 bits per heavy atom. The molecule has 14 heteroatoms. The van der Waals surface area contributed by atoms with Crippen molar-refractivity contribution < 1.29 is 48.1 Å². The highest BCUT2D eigenvalue weighted by atomic mass is 16.6. The molecule has 0 spiro atoms. The van der Waals surface area contributed by atoms with Crippen LogP contribution in [0.5, 0.6) is 0 Å². The van der Waals surface area contributed by atoms with Gasteiger partial charge in [-0.05, 0) is 58.9 Å². The number of benzene rings is 1. The van der Waals surface area contributed by atoms with Crippen molar-refractivity contribution in [2.75, 3.05) is 26.8 Å². The molecule has 1 aromatic rings. The molecule has 2 aliphatic rings. The van der Waals surface area contributed by atoms with Gasteiger partial charge in [0.05, 0.1) is 13.7 Å². The van der Waals surface area contributed by atoms with Crippen LogP contribution in [0.1, 0.15) is 65.9 Å². The summed E-state index contributed by atoms with van der Waals surface area (Å²) in [7, 11) is 1.15. The number of carbonyl (C=O) groups is 6. The lowest BCUT2D eigenvalue weighted by Crippen LogP contribution is -2.65. The number of nitrogens with zero attached hydrogens (tertiary/aromatic N) is 2. The van der Waals surface area contributed by atoms with E-state index in [0.29, 0.717) is 19.3 Å². The van der Waals surface area contributed by atoms with E-state index in [4.69, 9.17) is 14.2 Å². The molecule has 0 unspecified atom stereocenters. The zero-order valence-corrected chi connectivity index (χ0v) is 27.4. The minimum atomic E-state index is -1.46. The summed E-state index contributed by atoms with van der Waals surface area (Å²) in [6.45, 7) is 7.32. The molecule has 2 saturated heterocycles. The van der Waals surface area contributed by atoms with Crippen LogP contribution < -0.4 is 10.6 Å². The Morgan fingerprint density at radius 2 is 1.72 bits per heavy atom. The van der Waals surface area contributed by atoms with Crippen molar-refractivity contribution in [3.63, 3.8) is 0 Å². The average molecular weight is 647 g/mol. The molecule has 1 aromatic carbocycles. The van der Waals surface area contributed by atoms with Crippen molar-refractivity contribution in [1.82, 2.24) is 20.4 Å². The Hall–Kier alpha value is -4.20. The average Bonchev–Trinajstić information content (AvgIpc) is 3.65. The smallest absolute Gasteiger partial charge is 0.408 e. The number of hydrogen-bond acceptors (Lipinski definition) is 10. The monoisotopic (exact) mass is 646 g/mol. The first-order chi connectivity index (χ1) is 21.6. The third-order valence-electron chi connectivity index (χ3n) is 8.07. The van der Waals surface area contributed by atoms with E-state index in [1.54, 1.807) is 20.8 Å². The van der Waals surface area contributed by atoms with Crippen LogP contribution in [-0.2, 0) is 44.6 Å². The number of methoxy groups -OCH3 is 1. The number of ether oxygens (including phenoxy) is 3. The summed E-state index contributed by atoms with van der Waals surface area (Å²) >= 11 is 0. The lowest BCUT2D eigenvalue weighted by molar-refractivity contribution is -0.159. The zero-order valence-electron chi connectivity index (χ0n) is 27.4. The van der Waals surface area contributed by atoms with Gasteiger partial charge in [0, 0.05) is 26.4 Å². The summed E-state index contributed by atoms with van der Waals surface area (Å²) in [6.07, 6.45) is -0.316. The summed E-state index contributed by atoms with van der Waals surface area (Å²) in [6, 6.07) is 5.46. The van der Waals surface area contributed by atoms with Gasteiger partial charge in [-0.15, -0.1) is 0 Å². The van der Waals surface area contributed by atoms with Gasteiger partial charge in [0.1, 0.15) is 29.3 Å². The molecule has 0 bridgehead atoms. The number of carbonyl (C=O) groups excluding carboxylic acids is 6. The van der Waals surface area contributed by atoms with Gasteiger partial charge in [-0.2, -0.15) is 0 Å². The van der Waals surface area contributed by atoms with Crippen LogP contribution in [0.2, 0.25) is 0 Å². The van der Waals surface area contributed by atoms with E-state index >= 15 is 0 Å². The van der Waals surface area contributed by atoms with Crippen LogP contribution in [0.3, 0.4) is 0 Å². The van der Waals surface area contributed by atoms with Crippen LogP contribution in [0.4, 0.5) is 4.79 Å². The van der Waals surface area contributed by atoms with Crippen molar-refractivity contribution in [3.05, 3.63) is 35.9 Å². The van der Waals surface area contributed by atoms with Gasteiger partial charge in [0.2, 0.25) is 17.7 Å². The van der Waals surface area contributed by atoms with Gasteiger partial charge in [-0.3, -0.25) is 19.2 Å². The van der Waals surface area contributed by atoms with Crippen LogP contribution in [0, 0.1) is 0 Å². The fraction of sp³-hybridized carbons (Fsp3) is 0.625. The maximum Gasteiger partial charge on any atom is 0.408 e. The first kappa shape index (κ1) is 36.3. The lowest BCUT2D eigenvalue weighted by atomic mass is 9.86. The van der Waals surface area contributed by atoms with Gasteiger partial charge in [0.15, 0.2) is 6.04 Å². The molecule has 3 rings (SSSR count). The summed E-state index contributed by atoms with van der Waals surface area (Å²) in [5, 5.41) is 15.1. The number of hydrogen-bond donors (Lipinski definition) is 3. The predicted molar refractivity (Wildman–Crippen MR) is 164 cm³/mol. The summed E-state index contributed by atoms with van der Waals surface area (Å²) in [5.74, 6) is -3.23. The van der Waals surface area contributed by atoms with Crippen molar-refractivity contribution in [2.24, 2.45) is 0 Å². The standard InChI is InChI=1S/C32H46N4O10/c1-20(45-21(2)38)25(28(41)44-6)34-29(42)32(18-22-12-8-7-9-13-22)15-11-17-36(32)27(40)24-14-10-16-35(24)26(39)23(19-37)33-30(43)46-31(3,4)5/h7-9,12-13,20,23-25,37H,10-11,14-19H2,1-6H3,(H,33,43)(H,34,42)/t20-,23+,24+,25-,32-/m1/s1. The van der Waals surface area contributed by atoms with E-state index in [-0.39, 0.29) is 25.9 Å². The van der Waals surface area contributed by atoms with Crippen molar-refractivity contribution in [1.29, 1.82) is 0 Å². The second kappa shape index (κ2) is 15.4. The second-order valence-electron chi connectivity index (χ2n) is 12.6. The molecular formula is C32H46N4O10. The van der Waals surface area contributed by atoms with E-state index in [0.717, 1.165) is 12.7 Å². The maximum atomic E-state index is 14.4. The molecule has 46 heavy (non-hydrogen) atoms. The molecular weight excluding hydrogens is 600 g/mol. The number of alkyl carbamates (subject to hydrolysis) is 1. The molecule has 2 heterocycles. The van der Waals surface area contributed by atoms with Gasteiger partial charge in [-0.1, -0.05) is 30.3 Å². The fourth-order valence-electron chi connectivity index (χ4n) is 6.04. The van der Waals surface area contributed by atoms with E-state index in [1.165, 1.54) is 23.6 Å². The number of esters is 2. The minimum Gasteiger partial charge on any atom is -0.467 e. The number of aliphatic hydroxyl groups is 1. The van der Waals surface area contributed by atoms with Crippen LogP contribution in [0.15, 0.2) is 30.3 Å². The Labute approximate surface area is 269 Å². The lowest BCUT2D eigenvalue weighted by Gasteiger charge is -2.41. The SMILES string of the molecule is COC(=O)[C@H](NC(=O)[C@]1(Cc2ccccc2)CCCN1C(=O)[C@@H]1CCCN1C(=O)[C@H](CO)NC(=O)OC(C)(C)C)[C@@H](C)OC(C)=O. The van der Waals surface area contributed by atoms with E-state index in [1.807, 2.05) is 30.3 Å². The summed E-state index contributed by atoms with van der Waals surface area (Å²) in [5.41, 5.74) is -1.52. The van der Waals surface area contributed by atoms with E-state index in [2.05, 4.69) is 10.6 Å². The van der Waals surface area contributed by atoms with Gasteiger partial charge in [0.25, 0.3) is 0 Å². The number of aliphatic hydroxyl groups excluding tert-OH is 1. The van der Waals surface area contributed by atoms with Crippen LogP contribution >= 0.6 is 0 Å². The first-order valence-corrected chi connectivity index (χ1v) is 15.5. The van der Waals surface area contributed by atoms with Crippen molar-refractivity contribution in [2.45, 2.75) is 102 Å². The van der Waals surface area contributed by atoms with Crippen LogP contribution in [0.25, 0.3) is 0 Å².